The summed E-state index contributed by atoms with van der Waals surface area (Å²) in [6, 6.07) is 37.3. The van der Waals surface area contributed by atoms with Crippen LogP contribution in [-0.4, -0.2) is 44.4 Å². The summed E-state index contributed by atoms with van der Waals surface area (Å²) in [6.45, 7) is 1.45. The Hall–Kier alpha value is -4.21. The van der Waals surface area contributed by atoms with E-state index < -0.39 is 30.6 Å². The third-order valence-corrected chi connectivity index (χ3v) is 7.34. The van der Waals surface area contributed by atoms with Gasteiger partial charge in [-0.15, -0.1) is 0 Å². The van der Waals surface area contributed by atoms with Crippen LogP contribution in [0.2, 0.25) is 0 Å². The molecule has 1 heterocycles. The molecule has 5 rings (SSSR count). The molecule has 0 saturated carbocycles. The standard InChI is InChI=1S/C35H37N3O6/c1-39-30-19-17-29(18-20-30)21-40-25-31-32(41-22-26-11-5-2-6-12-26)33(42-23-27-13-7-3-8-14-27)34(35(44-31)37-38-36)43-24-28-15-9-4-10-16-28/h2-20,31-35H,21-25H2,1H3/t31-,32-,33+,34+,35+/m1/s1. The maximum Gasteiger partial charge on any atom is 0.165 e. The minimum absolute atomic E-state index is 0.180. The zero-order valence-corrected chi connectivity index (χ0v) is 24.7. The Morgan fingerprint density at radius 2 is 1.09 bits per heavy atom. The van der Waals surface area contributed by atoms with Crippen molar-refractivity contribution in [2.45, 2.75) is 57.1 Å². The van der Waals surface area contributed by atoms with Crippen molar-refractivity contribution in [3.63, 3.8) is 0 Å². The molecule has 0 spiro atoms. The molecule has 4 aromatic rings. The average Bonchev–Trinajstić information content (AvgIpc) is 3.08. The van der Waals surface area contributed by atoms with E-state index in [1.165, 1.54) is 0 Å². The fourth-order valence-electron chi connectivity index (χ4n) is 5.06. The topological polar surface area (TPSA) is 104 Å². The third kappa shape index (κ3) is 8.90. The van der Waals surface area contributed by atoms with Gasteiger partial charge in [0.05, 0.1) is 40.1 Å². The van der Waals surface area contributed by atoms with Gasteiger partial charge in [-0.1, -0.05) is 108 Å². The van der Waals surface area contributed by atoms with Gasteiger partial charge in [0.25, 0.3) is 0 Å². The first-order valence-corrected chi connectivity index (χ1v) is 14.6. The lowest BCUT2D eigenvalue weighted by Crippen LogP contribution is -2.60. The summed E-state index contributed by atoms with van der Waals surface area (Å²) in [5, 5.41) is 4.00. The smallest absolute Gasteiger partial charge is 0.165 e. The Bertz CT molecular complexity index is 1440. The van der Waals surface area contributed by atoms with Crippen molar-refractivity contribution in [3.8, 4) is 5.75 Å². The van der Waals surface area contributed by atoms with E-state index in [1.54, 1.807) is 7.11 Å². The Balaban J connectivity index is 1.40. The van der Waals surface area contributed by atoms with Crippen LogP contribution in [0.1, 0.15) is 22.3 Å². The van der Waals surface area contributed by atoms with Crippen LogP contribution in [-0.2, 0) is 50.1 Å². The maximum absolute atomic E-state index is 9.50. The van der Waals surface area contributed by atoms with Gasteiger partial charge in [0.1, 0.15) is 30.2 Å². The third-order valence-electron chi connectivity index (χ3n) is 7.34. The second-order valence-electron chi connectivity index (χ2n) is 10.4. The number of azide groups is 1. The van der Waals surface area contributed by atoms with Gasteiger partial charge < -0.3 is 28.4 Å². The lowest BCUT2D eigenvalue weighted by atomic mass is 9.97. The van der Waals surface area contributed by atoms with Crippen LogP contribution in [0, 0.1) is 0 Å². The number of ether oxygens (including phenoxy) is 6. The number of benzene rings is 4. The van der Waals surface area contributed by atoms with Gasteiger partial charge in [-0.05, 0) is 39.9 Å². The first kappa shape index (κ1) is 31.2. The summed E-state index contributed by atoms with van der Waals surface area (Å²) in [5.41, 5.74) is 13.5. The van der Waals surface area contributed by atoms with Crippen molar-refractivity contribution in [2.75, 3.05) is 13.7 Å². The highest BCUT2D eigenvalue weighted by Crippen LogP contribution is 2.31. The number of rotatable bonds is 15. The van der Waals surface area contributed by atoms with Gasteiger partial charge in [0, 0.05) is 4.91 Å². The fourth-order valence-corrected chi connectivity index (χ4v) is 5.06. The first-order chi connectivity index (χ1) is 21.7. The van der Waals surface area contributed by atoms with E-state index in [1.807, 2.05) is 115 Å². The van der Waals surface area contributed by atoms with Gasteiger partial charge >= 0.3 is 0 Å². The van der Waals surface area contributed by atoms with E-state index in [-0.39, 0.29) is 13.2 Å². The van der Waals surface area contributed by atoms with Crippen molar-refractivity contribution >= 4 is 0 Å². The van der Waals surface area contributed by atoms with Crippen molar-refractivity contribution in [3.05, 3.63) is 148 Å². The Morgan fingerprint density at radius 3 is 1.59 bits per heavy atom. The number of hydrogen-bond donors (Lipinski definition) is 0. The van der Waals surface area contributed by atoms with E-state index in [0.717, 1.165) is 28.0 Å². The molecule has 5 atom stereocenters. The fraction of sp³-hybridized carbons (Fsp3) is 0.314. The molecule has 0 amide bonds. The molecule has 0 radical (unpaired) electrons. The van der Waals surface area contributed by atoms with Crippen LogP contribution in [0.3, 0.4) is 0 Å². The van der Waals surface area contributed by atoms with Crippen LogP contribution < -0.4 is 4.74 Å². The van der Waals surface area contributed by atoms with E-state index >= 15 is 0 Å². The SMILES string of the molecule is COc1ccc(COC[C@H]2O[C@H](N=[N+]=[N-])[C@@H](OCc3ccccc3)[C@@H](OCc3ccccc3)[C@@H]2OCc2ccccc2)cc1. The molecule has 9 nitrogen and oxygen atoms in total. The molecule has 0 N–H and O–H groups in total. The predicted octanol–water partition coefficient (Wildman–Crippen LogP) is 7.00. The highest BCUT2D eigenvalue weighted by molar-refractivity contribution is 5.26. The molecule has 1 fully saturated rings. The van der Waals surface area contributed by atoms with E-state index in [9.17, 15) is 5.53 Å². The molecule has 4 aromatic carbocycles. The molecular formula is C35H37N3O6. The minimum atomic E-state index is -0.962. The summed E-state index contributed by atoms with van der Waals surface area (Å²) >= 11 is 0. The second kappa shape index (κ2) is 16.6. The zero-order chi connectivity index (χ0) is 30.4. The van der Waals surface area contributed by atoms with E-state index in [2.05, 4.69) is 10.0 Å². The lowest BCUT2D eigenvalue weighted by Gasteiger charge is -2.45. The van der Waals surface area contributed by atoms with Crippen LogP contribution in [0.15, 0.2) is 120 Å². The quantitative estimate of drug-likeness (QED) is 0.0832. The molecule has 1 aliphatic rings. The van der Waals surface area contributed by atoms with Crippen molar-refractivity contribution in [1.29, 1.82) is 0 Å². The first-order valence-electron chi connectivity index (χ1n) is 14.6. The van der Waals surface area contributed by atoms with Crippen LogP contribution in [0.4, 0.5) is 0 Å². The highest BCUT2D eigenvalue weighted by atomic mass is 16.6. The van der Waals surface area contributed by atoms with E-state index in [4.69, 9.17) is 28.4 Å². The summed E-state index contributed by atoms with van der Waals surface area (Å²) in [5.74, 6) is 0.774. The molecule has 0 aromatic heterocycles. The summed E-state index contributed by atoms with van der Waals surface area (Å²) in [4.78, 5) is 3.09. The number of hydrogen-bond acceptors (Lipinski definition) is 7. The Kier molecular flexibility index (Phi) is 11.8. The van der Waals surface area contributed by atoms with Crippen LogP contribution in [0.5, 0.6) is 5.75 Å². The van der Waals surface area contributed by atoms with Gasteiger partial charge in [0.15, 0.2) is 6.23 Å². The number of methoxy groups -OCH3 is 1. The average molecular weight is 596 g/mol. The molecule has 0 bridgehead atoms. The predicted molar refractivity (Wildman–Crippen MR) is 166 cm³/mol. The van der Waals surface area contributed by atoms with Gasteiger partial charge in [-0.2, -0.15) is 0 Å². The van der Waals surface area contributed by atoms with Crippen molar-refractivity contribution < 1.29 is 28.4 Å². The molecule has 0 unspecified atom stereocenters. The lowest BCUT2D eigenvalue weighted by molar-refractivity contribution is -0.271. The Labute approximate surface area is 257 Å². The Morgan fingerprint density at radius 1 is 0.614 bits per heavy atom. The second-order valence-corrected chi connectivity index (χ2v) is 10.4. The van der Waals surface area contributed by atoms with Crippen LogP contribution in [0.25, 0.3) is 10.4 Å². The van der Waals surface area contributed by atoms with Crippen molar-refractivity contribution in [1.82, 2.24) is 0 Å². The maximum atomic E-state index is 9.50. The summed E-state index contributed by atoms with van der Waals surface area (Å²) in [7, 11) is 1.63. The molecule has 228 valence electrons. The van der Waals surface area contributed by atoms with Crippen molar-refractivity contribution in [2.24, 2.45) is 5.11 Å². The molecule has 1 saturated heterocycles. The van der Waals surface area contributed by atoms with Crippen LogP contribution >= 0.6 is 0 Å². The largest absolute Gasteiger partial charge is 0.497 e. The normalized spacial score (nSPS) is 21.3. The summed E-state index contributed by atoms with van der Waals surface area (Å²) < 4.78 is 37.4. The summed E-state index contributed by atoms with van der Waals surface area (Å²) in [6.07, 6.45) is -3.55. The molecule has 9 heteroatoms. The number of nitrogens with zero attached hydrogens (tertiary/aromatic N) is 3. The molecule has 1 aliphatic heterocycles. The monoisotopic (exact) mass is 595 g/mol. The van der Waals surface area contributed by atoms with E-state index in [0.29, 0.717) is 19.8 Å². The molecular weight excluding hydrogens is 558 g/mol. The minimum Gasteiger partial charge on any atom is -0.497 e. The van der Waals surface area contributed by atoms with Gasteiger partial charge in [-0.3, -0.25) is 0 Å². The molecule has 0 aliphatic carbocycles. The zero-order valence-electron chi connectivity index (χ0n) is 24.7. The van der Waals surface area contributed by atoms with Gasteiger partial charge in [0.2, 0.25) is 0 Å². The van der Waals surface area contributed by atoms with Gasteiger partial charge in [-0.25, -0.2) is 0 Å². The highest BCUT2D eigenvalue weighted by Gasteiger charge is 2.48. The molecule has 44 heavy (non-hydrogen) atoms.